The summed E-state index contributed by atoms with van der Waals surface area (Å²) in [6.45, 7) is 9.45. The van der Waals surface area contributed by atoms with Gasteiger partial charge in [0, 0.05) is 50.3 Å². The molecule has 0 unspecified atom stereocenters. The summed E-state index contributed by atoms with van der Waals surface area (Å²) in [5, 5.41) is 10.6. The monoisotopic (exact) mass is 285 g/mol. The van der Waals surface area contributed by atoms with E-state index in [0.717, 1.165) is 44.4 Å². The Hall–Kier alpha value is -0.730. The van der Waals surface area contributed by atoms with Crippen molar-refractivity contribution in [3.8, 4) is 0 Å². The third kappa shape index (κ3) is 4.70. The van der Waals surface area contributed by atoms with Gasteiger partial charge in [0.15, 0.2) is 5.13 Å². The topological polar surface area (TPSA) is 77.7 Å². The average molecular weight is 285 g/mol. The summed E-state index contributed by atoms with van der Waals surface area (Å²) in [4.78, 5) is 10.1. The van der Waals surface area contributed by atoms with E-state index >= 15 is 0 Å². The molecule has 1 aromatic heterocycles. The summed E-state index contributed by atoms with van der Waals surface area (Å²) >= 11 is 1.59. The molecule has 0 amide bonds. The van der Waals surface area contributed by atoms with E-state index in [-0.39, 0.29) is 0 Å². The van der Waals surface area contributed by atoms with E-state index in [1.165, 1.54) is 4.88 Å². The zero-order valence-electron chi connectivity index (χ0n) is 11.6. The first-order valence-corrected chi connectivity index (χ1v) is 7.36. The van der Waals surface area contributed by atoms with Crippen LogP contribution in [0, 0.1) is 0 Å². The number of aliphatic hydroxyl groups is 1. The van der Waals surface area contributed by atoms with Crippen LogP contribution in [0.25, 0.3) is 0 Å². The highest BCUT2D eigenvalue weighted by Crippen LogP contribution is 2.19. The summed E-state index contributed by atoms with van der Waals surface area (Å²) in [6.07, 6.45) is 1.88. The Morgan fingerprint density at radius 3 is 2.53 bits per heavy atom. The first-order chi connectivity index (χ1) is 8.96. The Bertz CT molecular complexity index is 395. The molecule has 19 heavy (non-hydrogen) atoms. The standard InChI is InChI=1S/C12H23N5OS/c1-12(2,18)9-17-5-3-16(4-6-17)8-10-7-14-11(15-13)19-10/h7,18H,3-6,8-9,13H2,1-2H3,(H,14,15). The normalized spacial score (nSPS) is 18.7. The summed E-state index contributed by atoms with van der Waals surface area (Å²) in [7, 11) is 0. The predicted molar refractivity (Wildman–Crippen MR) is 77.9 cm³/mol. The van der Waals surface area contributed by atoms with Crippen molar-refractivity contribution in [1.29, 1.82) is 0 Å². The zero-order chi connectivity index (χ0) is 13.9. The fourth-order valence-corrected chi connectivity index (χ4v) is 3.09. The number of piperazine rings is 1. The number of thiazole rings is 1. The van der Waals surface area contributed by atoms with Gasteiger partial charge in [-0.2, -0.15) is 0 Å². The average Bonchev–Trinajstić information content (AvgIpc) is 2.77. The maximum Gasteiger partial charge on any atom is 0.197 e. The Morgan fingerprint density at radius 1 is 1.37 bits per heavy atom. The molecule has 4 N–H and O–H groups in total. The van der Waals surface area contributed by atoms with Crippen molar-refractivity contribution in [2.24, 2.45) is 5.84 Å². The summed E-state index contributed by atoms with van der Waals surface area (Å²) in [5.41, 5.74) is 1.96. The molecule has 7 heteroatoms. The van der Waals surface area contributed by atoms with Gasteiger partial charge in [-0.05, 0) is 13.8 Å². The van der Waals surface area contributed by atoms with Gasteiger partial charge in [-0.3, -0.25) is 15.2 Å². The third-order valence-electron chi connectivity index (χ3n) is 3.13. The number of hydrazine groups is 1. The first kappa shape index (κ1) is 14.7. The predicted octanol–water partition coefficient (Wildman–Crippen LogP) is 0.317. The highest BCUT2D eigenvalue weighted by molar-refractivity contribution is 7.15. The molecule has 1 aliphatic heterocycles. The summed E-state index contributed by atoms with van der Waals surface area (Å²) in [5.74, 6) is 5.33. The lowest BCUT2D eigenvalue weighted by Crippen LogP contribution is -2.50. The lowest BCUT2D eigenvalue weighted by atomic mass is 10.1. The number of nitrogens with two attached hydrogens (primary N) is 1. The van der Waals surface area contributed by atoms with E-state index in [4.69, 9.17) is 5.84 Å². The second-order valence-electron chi connectivity index (χ2n) is 5.64. The van der Waals surface area contributed by atoms with E-state index in [1.807, 2.05) is 20.0 Å². The number of β-amino-alcohol motifs (C(OH)–C–C–N with tert-alkyl or cyclic N) is 1. The van der Waals surface area contributed by atoms with Crippen molar-refractivity contribution in [3.63, 3.8) is 0 Å². The smallest absolute Gasteiger partial charge is 0.197 e. The lowest BCUT2D eigenvalue weighted by Gasteiger charge is -2.37. The molecule has 0 spiro atoms. The number of hydrogen-bond acceptors (Lipinski definition) is 7. The zero-order valence-corrected chi connectivity index (χ0v) is 12.4. The maximum absolute atomic E-state index is 9.82. The second-order valence-corrected chi connectivity index (χ2v) is 6.76. The molecule has 0 aliphatic carbocycles. The molecule has 0 saturated carbocycles. The number of nitrogens with one attached hydrogen (secondary N) is 1. The van der Waals surface area contributed by atoms with Crippen LogP contribution in [0.1, 0.15) is 18.7 Å². The van der Waals surface area contributed by atoms with Crippen LogP contribution in [-0.2, 0) is 6.54 Å². The van der Waals surface area contributed by atoms with Crippen molar-refractivity contribution in [1.82, 2.24) is 14.8 Å². The number of rotatable bonds is 5. The Morgan fingerprint density at radius 2 is 2.00 bits per heavy atom. The van der Waals surface area contributed by atoms with Crippen LogP contribution >= 0.6 is 11.3 Å². The lowest BCUT2D eigenvalue weighted by molar-refractivity contribution is 0.0168. The van der Waals surface area contributed by atoms with Gasteiger partial charge in [-0.25, -0.2) is 10.8 Å². The van der Waals surface area contributed by atoms with Gasteiger partial charge in [0.05, 0.1) is 5.60 Å². The van der Waals surface area contributed by atoms with E-state index in [0.29, 0.717) is 0 Å². The molecule has 1 aromatic rings. The quantitative estimate of drug-likeness (QED) is 0.534. The van der Waals surface area contributed by atoms with E-state index in [9.17, 15) is 5.11 Å². The summed E-state index contributed by atoms with van der Waals surface area (Å²) in [6, 6.07) is 0. The van der Waals surface area contributed by atoms with Crippen molar-refractivity contribution in [2.45, 2.75) is 26.0 Å². The molecule has 108 valence electrons. The summed E-state index contributed by atoms with van der Waals surface area (Å²) < 4.78 is 0. The van der Waals surface area contributed by atoms with E-state index in [1.54, 1.807) is 11.3 Å². The van der Waals surface area contributed by atoms with E-state index in [2.05, 4.69) is 20.2 Å². The molecule has 1 aliphatic rings. The van der Waals surface area contributed by atoms with Gasteiger partial charge in [0.1, 0.15) is 0 Å². The third-order valence-corrected chi connectivity index (χ3v) is 4.05. The number of hydrogen-bond donors (Lipinski definition) is 3. The van der Waals surface area contributed by atoms with Crippen LogP contribution in [0.5, 0.6) is 0 Å². The minimum absolute atomic E-state index is 0.610. The highest BCUT2D eigenvalue weighted by Gasteiger charge is 2.22. The second kappa shape index (κ2) is 6.15. The maximum atomic E-state index is 9.82. The molecule has 2 rings (SSSR count). The number of aromatic nitrogens is 1. The van der Waals surface area contributed by atoms with Crippen molar-refractivity contribution in [3.05, 3.63) is 11.1 Å². The fourth-order valence-electron chi connectivity index (χ4n) is 2.32. The Kier molecular flexibility index (Phi) is 4.75. The van der Waals surface area contributed by atoms with Gasteiger partial charge >= 0.3 is 0 Å². The molecule has 2 heterocycles. The minimum atomic E-state index is -0.610. The Balaban J connectivity index is 1.77. The minimum Gasteiger partial charge on any atom is -0.389 e. The number of nitrogen functional groups attached to an aromatic ring is 1. The van der Waals surface area contributed by atoms with Gasteiger partial charge in [-0.15, -0.1) is 0 Å². The van der Waals surface area contributed by atoms with Crippen LogP contribution in [0.4, 0.5) is 5.13 Å². The molecule has 6 nitrogen and oxygen atoms in total. The Labute approximate surface area is 118 Å². The molecular formula is C12H23N5OS. The van der Waals surface area contributed by atoms with Crippen LogP contribution in [0.3, 0.4) is 0 Å². The van der Waals surface area contributed by atoms with Gasteiger partial charge in [0.2, 0.25) is 0 Å². The molecule has 1 fully saturated rings. The molecule has 0 radical (unpaired) electrons. The SMILES string of the molecule is CC(C)(O)CN1CCN(Cc2cnc(NN)s2)CC1. The molecular weight excluding hydrogens is 262 g/mol. The molecule has 0 aromatic carbocycles. The van der Waals surface area contributed by atoms with Crippen LogP contribution in [0.15, 0.2) is 6.20 Å². The number of anilines is 1. The molecule has 0 bridgehead atoms. The number of nitrogens with zero attached hydrogens (tertiary/aromatic N) is 3. The highest BCUT2D eigenvalue weighted by atomic mass is 32.1. The fraction of sp³-hybridized carbons (Fsp3) is 0.750. The largest absolute Gasteiger partial charge is 0.389 e. The molecule has 1 saturated heterocycles. The van der Waals surface area contributed by atoms with Gasteiger partial charge in [-0.1, -0.05) is 11.3 Å². The van der Waals surface area contributed by atoms with Crippen LogP contribution in [-0.4, -0.2) is 58.2 Å². The van der Waals surface area contributed by atoms with Crippen LogP contribution < -0.4 is 11.3 Å². The van der Waals surface area contributed by atoms with Gasteiger partial charge < -0.3 is 5.11 Å². The van der Waals surface area contributed by atoms with Crippen molar-refractivity contribution in [2.75, 3.05) is 38.1 Å². The van der Waals surface area contributed by atoms with Crippen molar-refractivity contribution >= 4 is 16.5 Å². The van der Waals surface area contributed by atoms with Gasteiger partial charge in [0.25, 0.3) is 0 Å². The first-order valence-electron chi connectivity index (χ1n) is 6.55. The molecule has 0 atom stereocenters. The van der Waals surface area contributed by atoms with Crippen molar-refractivity contribution < 1.29 is 5.11 Å². The van der Waals surface area contributed by atoms with Crippen LogP contribution in [0.2, 0.25) is 0 Å². The van der Waals surface area contributed by atoms with E-state index < -0.39 is 5.60 Å².